The van der Waals surface area contributed by atoms with E-state index in [4.69, 9.17) is 9.47 Å². The number of rotatable bonds is 14. The maximum atomic E-state index is 13.1. The normalized spacial score (nSPS) is 22.7. The van der Waals surface area contributed by atoms with Crippen LogP contribution in [0.3, 0.4) is 0 Å². The van der Waals surface area contributed by atoms with Crippen LogP contribution in [0.1, 0.15) is 38.2 Å². The van der Waals surface area contributed by atoms with Crippen molar-refractivity contribution in [1.82, 2.24) is 15.1 Å². The molecule has 3 fully saturated rings. The lowest BCUT2D eigenvalue weighted by Gasteiger charge is -2.26. The Morgan fingerprint density at radius 3 is 2.82 bits per heavy atom. The molecule has 0 aromatic heterocycles. The number of morpholine rings is 1. The van der Waals surface area contributed by atoms with Crippen LogP contribution in [0.2, 0.25) is 0 Å². The van der Waals surface area contributed by atoms with E-state index in [1.54, 1.807) is 11.8 Å². The van der Waals surface area contributed by atoms with Crippen LogP contribution < -0.4 is 15.4 Å². The van der Waals surface area contributed by atoms with Crippen molar-refractivity contribution in [3.05, 3.63) is 23.8 Å². The van der Waals surface area contributed by atoms with Crippen molar-refractivity contribution in [1.29, 1.82) is 5.26 Å². The van der Waals surface area contributed by atoms with Gasteiger partial charge in [-0.2, -0.15) is 5.26 Å². The van der Waals surface area contributed by atoms with Crippen molar-refractivity contribution in [3.63, 3.8) is 0 Å². The Balaban J connectivity index is 1.23. The number of aryl methyl sites for hydroxylation is 1. The third-order valence-corrected chi connectivity index (χ3v) is 8.96. The number of thioether (sulfide) groups is 1. The second kappa shape index (κ2) is 14.1. The quantitative estimate of drug-likeness (QED) is 0.369. The van der Waals surface area contributed by atoms with Crippen molar-refractivity contribution >= 4 is 29.3 Å². The van der Waals surface area contributed by atoms with Gasteiger partial charge in [0.1, 0.15) is 18.3 Å². The Morgan fingerprint density at radius 2 is 2.11 bits per heavy atom. The van der Waals surface area contributed by atoms with Gasteiger partial charge in [0.2, 0.25) is 11.8 Å². The van der Waals surface area contributed by atoms with E-state index in [1.807, 2.05) is 36.9 Å². The van der Waals surface area contributed by atoms with Crippen LogP contribution in [0.4, 0.5) is 5.69 Å². The first-order valence-electron chi connectivity index (χ1n) is 13.9. The number of nitriles is 1. The molecule has 3 atom stereocenters. The Bertz CT molecular complexity index is 992. The average molecular weight is 544 g/mol. The second-order valence-corrected chi connectivity index (χ2v) is 11.7. The lowest BCUT2D eigenvalue weighted by molar-refractivity contribution is -0.131. The summed E-state index contributed by atoms with van der Waals surface area (Å²) in [6.45, 7) is 10.8. The summed E-state index contributed by atoms with van der Waals surface area (Å²) in [7, 11) is 0. The molecule has 1 aromatic rings. The lowest BCUT2D eigenvalue weighted by atomic mass is 10.1. The molecule has 0 radical (unpaired) electrons. The second-order valence-electron chi connectivity index (χ2n) is 10.3. The van der Waals surface area contributed by atoms with Crippen LogP contribution in [-0.4, -0.2) is 91.3 Å². The van der Waals surface area contributed by atoms with Crippen LogP contribution in [0, 0.1) is 30.1 Å². The summed E-state index contributed by atoms with van der Waals surface area (Å²) < 4.78 is 11.5. The zero-order chi connectivity index (χ0) is 26.9. The molecular formula is C28H41N5O4S. The summed E-state index contributed by atoms with van der Waals surface area (Å²) in [4.78, 5) is 29.7. The molecule has 38 heavy (non-hydrogen) atoms. The minimum absolute atomic E-state index is 0.0930. The van der Waals surface area contributed by atoms with E-state index < -0.39 is 5.92 Å². The van der Waals surface area contributed by atoms with E-state index in [0.717, 1.165) is 62.7 Å². The summed E-state index contributed by atoms with van der Waals surface area (Å²) in [6, 6.07) is 8.27. The third kappa shape index (κ3) is 8.01. The van der Waals surface area contributed by atoms with Gasteiger partial charge in [-0.05, 0) is 50.7 Å². The number of benzene rings is 1. The standard InChI is InChI=1S/C28H41N5O4S/c1-3-33-26(16-22(18-29)27(34)31-19-21-5-6-21)38-25(28(33)35)8-9-30-23-7-4-20(2)24(17-23)37-15-12-32-10-13-36-14-11-32/h4,7,17,21-22,25-26,30H,3,5-6,8-16,19H2,1-2H3,(H,31,34). The number of hydrogen-bond donors (Lipinski definition) is 2. The highest BCUT2D eigenvalue weighted by Gasteiger charge is 2.41. The van der Waals surface area contributed by atoms with E-state index in [0.29, 0.717) is 45.0 Å². The Hall–Kier alpha value is -2.48. The van der Waals surface area contributed by atoms with Crippen LogP contribution in [0.15, 0.2) is 18.2 Å². The van der Waals surface area contributed by atoms with Crippen molar-refractivity contribution in [2.24, 2.45) is 11.8 Å². The summed E-state index contributed by atoms with van der Waals surface area (Å²) in [6.07, 6.45) is 3.33. The van der Waals surface area contributed by atoms with Crippen molar-refractivity contribution in [3.8, 4) is 11.8 Å². The first-order valence-corrected chi connectivity index (χ1v) is 14.8. The topological polar surface area (TPSA) is 107 Å². The van der Waals surface area contributed by atoms with Gasteiger partial charge in [0.15, 0.2) is 0 Å². The molecule has 0 spiro atoms. The molecule has 2 saturated heterocycles. The highest BCUT2D eigenvalue weighted by Crippen LogP contribution is 2.37. The molecular weight excluding hydrogens is 502 g/mol. The third-order valence-electron chi connectivity index (χ3n) is 7.43. The molecule has 4 rings (SSSR count). The number of carbonyl (C=O) groups excluding carboxylic acids is 2. The summed E-state index contributed by atoms with van der Waals surface area (Å²) in [5, 5.41) is 15.6. The zero-order valence-electron chi connectivity index (χ0n) is 22.6. The van der Waals surface area contributed by atoms with Gasteiger partial charge in [0.25, 0.3) is 0 Å². The number of nitrogens with zero attached hydrogens (tertiary/aromatic N) is 3. The van der Waals surface area contributed by atoms with E-state index in [-0.39, 0.29) is 22.4 Å². The highest BCUT2D eigenvalue weighted by atomic mass is 32.2. The molecule has 2 amide bonds. The first kappa shape index (κ1) is 28.5. The number of hydrogen-bond acceptors (Lipinski definition) is 8. The fraction of sp³-hybridized carbons (Fsp3) is 0.679. The molecule has 1 aliphatic carbocycles. The monoisotopic (exact) mass is 543 g/mol. The Labute approximate surface area is 230 Å². The molecule has 1 aromatic carbocycles. The van der Waals surface area contributed by atoms with Crippen LogP contribution in [0.25, 0.3) is 0 Å². The van der Waals surface area contributed by atoms with Crippen LogP contribution in [0.5, 0.6) is 5.75 Å². The summed E-state index contributed by atoms with van der Waals surface area (Å²) in [5.41, 5.74) is 2.06. The van der Waals surface area contributed by atoms with Crippen molar-refractivity contribution in [2.45, 2.75) is 50.2 Å². The van der Waals surface area contributed by atoms with Crippen molar-refractivity contribution < 1.29 is 19.1 Å². The molecule has 10 heteroatoms. The fourth-order valence-corrected chi connectivity index (χ4v) is 6.40. The zero-order valence-corrected chi connectivity index (χ0v) is 23.4. The number of carbonyl (C=O) groups is 2. The molecule has 0 bridgehead atoms. The van der Waals surface area contributed by atoms with Crippen LogP contribution >= 0.6 is 11.8 Å². The molecule has 2 aliphatic heterocycles. The molecule has 9 nitrogen and oxygen atoms in total. The Morgan fingerprint density at radius 1 is 1.32 bits per heavy atom. The van der Waals surface area contributed by atoms with E-state index in [1.165, 1.54) is 0 Å². The number of nitrogens with one attached hydrogen (secondary N) is 2. The van der Waals surface area contributed by atoms with Crippen molar-refractivity contribution in [2.75, 3.05) is 64.4 Å². The van der Waals surface area contributed by atoms with Gasteiger partial charge in [-0.3, -0.25) is 14.5 Å². The average Bonchev–Trinajstić information content (AvgIpc) is 3.71. The SMILES string of the molecule is CCN1C(=O)C(CCNc2ccc(C)c(OCCN3CCOCC3)c2)SC1CC(C#N)C(=O)NCC1CC1. The summed E-state index contributed by atoms with van der Waals surface area (Å²) in [5.74, 6) is 0.580. The lowest BCUT2D eigenvalue weighted by Crippen LogP contribution is -2.38. The van der Waals surface area contributed by atoms with Gasteiger partial charge < -0.3 is 25.0 Å². The first-order chi connectivity index (χ1) is 18.5. The molecule has 2 heterocycles. The predicted octanol–water partition coefficient (Wildman–Crippen LogP) is 2.85. The number of ether oxygens (including phenoxy) is 2. The predicted molar refractivity (Wildman–Crippen MR) is 149 cm³/mol. The van der Waals surface area contributed by atoms with Gasteiger partial charge in [0.05, 0.1) is 29.9 Å². The van der Waals surface area contributed by atoms with E-state index in [9.17, 15) is 14.9 Å². The molecule has 2 N–H and O–H groups in total. The van der Waals surface area contributed by atoms with Gasteiger partial charge >= 0.3 is 0 Å². The molecule has 3 unspecified atom stereocenters. The highest BCUT2D eigenvalue weighted by molar-refractivity contribution is 8.01. The fourth-order valence-electron chi connectivity index (χ4n) is 4.81. The van der Waals surface area contributed by atoms with E-state index in [2.05, 4.69) is 21.6 Å². The maximum absolute atomic E-state index is 13.1. The largest absolute Gasteiger partial charge is 0.492 e. The minimum atomic E-state index is -0.737. The number of amides is 2. The van der Waals surface area contributed by atoms with E-state index >= 15 is 0 Å². The smallest absolute Gasteiger partial charge is 0.237 e. The van der Waals surface area contributed by atoms with Gasteiger partial charge in [-0.1, -0.05) is 6.07 Å². The minimum Gasteiger partial charge on any atom is -0.492 e. The van der Waals surface area contributed by atoms with Gasteiger partial charge in [-0.25, -0.2) is 0 Å². The Kier molecular flexibility index (Phi) is 10.6. The van der Waals surface area contributed by atoms with Gasteiger partial charge in [-0.15, -0.1) is 11.8 Å². The number of anilines is 1. The molecule has 3 aliphatic rings. The summed E-state index contributed by atoms with van der Waals surface area (Å²) >= 11 is 1.58. The van der Waals surface area contributed by atoms with Crippen LogP contribution in [-0.2, 0) is 14.3 Å². The maximum Gasteiger partial charge on any atom is 0.237 e. The van der Waals surface area contributed by atoms with Gasteiger partial charge in [0, 0.05) is 57.4 Å². The molecule has 1 saturated carbocycles. The molecule has 208 valence electrons.